The molecule has 5 unspecified atom stereocenters. The third-order valence-corrected chi connectivity index (χ3v) is 7.20. The molecule has 4 aliphatic rings. The van der Waals surface area contributed by atoms with Crippen LogP contribution in [0.3, 0.4) is 0 Å². The Morgan fingerprint density at radius 1 is 1.38 bits per heavy atom. The molecule has 4 bridgehead atoms. The van der Waals surface area contributed by atoms with Gasteiger partial charge >= 0.3 is 0 Å². The van der Waals surface area contributed by atoms with Gasteiger partial charge in [-0.25, -0.2) is 0 Å². The van der Waals surface area contributed by atoms with Crippen LogP contribution in [0, 0.1) is 11.8 Å². The minimum atomic E-state index is -0.222. The van der Waals surface area contributed by atoms with Crippen LogP contribution >= 0.6 is 0 Å². The Morgan fingerprint density at radius 3 is 3.08 bits per heavy atom. The number of hydrogen-bond donors (Lipinski definition) is 3. The second-order valence-corrected chi connectivity index (χ2v) is 8.56. The maximum atomic E-state index is 10.7. The first-order valence-corrected chi connectivity index (χ1v) is 9.84. The third kappa shape index (κ3) is 2.20. The van der Waals surface area contributed by atoms with Crippen LogP contribution in [-0.4, -0.2) is 59.6 Å². The number of hydrogen-bond acceptors (Lipinski definition) is 4. The summed E-state index contributed by atoms with van der Waals surface area (Å²) in [4.78, 5) is 6.30. The number of aromatic hydroxyl groups is 1. The summed E-state index contributed by atoms with van der Waals surface area (Å²) < 4.78 is 5.39. The van der Waals surface area contributed by atoms with E-state index in [1.807, 2.05) is 12.1 Å². The highest BCUT2D eigenvalue weighted by atomic mass is 16.5. The molecule has 26 heavy (non-hydrogen) atoms. The average Bonchev–Trinajstić information content (AvgIpc) is 2.98. The first kappa shape index (κ1) is 16.6. The molecular weight excluding hydrogens is 328 g/mol. The number of fused-ring (bicyclic) bond motifs is 4. The van der Waals surface area contributed by atoms with Gasteiger partial charge in [-0.15, -0.1) is 0 Å². The summed E-state index contributed by atoms with van der Waals surface area (Å²) in [5, 5.41) is 21.8. The van der Waals surface area contributed by atoms with E-state index in [-0.39, 0.29) is 12.0 Å². The van der Waals surface area contributed by atoms with Crippen molar-refractivity contribution >= 4 is 10.9 Å². The average molecular weight is 356 g/mol. The van der Waals surface area contributed by atoms with Gasteiger partial charge in [0, 0.05) is 54.9 Å². The summed E-state index contributed by atoms with van der Waals surface area (Å²) in [7, 11) is 1.78. The third-order valence-electron chi connectivity index (χ3n) is 7.20. The number of aromatic nitrogens is 1. The number of methoxy groups -OCH3 is 1. The van der Waals surface area contributed by atoms with Gasteiger partial charge < -0.3 is 19.9 Å². The molecule has 3 fully saturated rings. The summed E-state index contributed by atoms with van der Waals surface area (Å²) in [6.45, 7) is 3.15. The van der Waals surface area contributed by atoms with E-state index < -0.39 is 0 Å². The molecule has 4 heterocycles. The Bertz CT molecular complexity index is 832. The number of H-pyrrole nitrogens is 1. The van der Waals surface area contributed by atoms with Crippen molar-refractivity contribution in [3.05, 3.63) is 29.5 Å². The van der Waals surface area contributed by atoms with Crippen molar-refractivity contribution in [3.8, 4) is 5.75 Å². The summed E-state index contributed by atoms with van der Waals surface area (Å²) in [6, 6.07) is 5.95. The van der Waals surface area contributed by atoms with Gasteiger partial charge in [0.15, 0.2) is 0 Å². The number of aliphatic hydroxyl groups is 1. The summed E-state index contributed by atoms with van der Waals surface area (Å²) in [5.41, 5.74) is 3.37. The molecule has 0 amide bonds. The fourth-order valence-electron chi connectivity index (χ4n) is 6.40. The quantitative estimate of drug-likeness (QED) is 0.787. The zero-order valence-electron chi connectivity index (χ0n) is 15.4. The van der Waals surface area contributed by atoms with Crippen LogP contribution in [-0.2, 0) is 16.6 Å². The Balaban J connectivity index is 1.68. The monoisotopic (exact) mass is 356 g/mol. The lowest BCUT2D eigenvalue weighted by atomic mass is 9.56. The minimum Gasteiger partial charge on any atom is -0.508 e. The lowest BCUT2D eigenvalue weighted by Gasteiger charge is -2.59. The molecule has 2 aromatic rings. The van der Waals surface area contributed by atoms with Crippen LogP contribution in [0.1, 0.15) is 30.5 Å². The Kier molecular flexibility index (Phi) is 3.82. The van der Waals surface area contributed by atoms with E-state index in [0.29, 0.717) is 23.6 Å². The predicted molar refractivity (Wildman–Crippen MR) is 100 cm³/mol. The van der Waals surface area contributed by atoms with E-state index in [9.17, 15) is 10.2 Å². The summed E-state index contributed by atoms with van der Waals surface area (Å²) in [6.07, 6.45) is 4.34. The number of aliphatic hydroxyl groups excluding tert-OH is 1. The van der Waals surface area contributed by atoms with E-state index in [1.165, 1.54) is 17.7 Å². The molecule has 1 aliphatic carbocycles. The molecule has 0 radical (unpaired) electrons. The number of piperidine rings is 2. The number of ether oxygens (including phenoxy) is 1. The molecule has 2 saturated heterocycles. The topological polar surface area (TPSA) is 68.7 Å². The highest BCUT2D eigenvalue weighted by Crippen LogP contribution is 2.54. The van der Waals surface area contributed by atoms with Gasteiger partial charge in [-0.2, -0.15) is 0 Å². The van der Waals surface area contributed by atoms with Crippen LogP contribution < -0.4 is 0 Å². The SMILES string of the molecule is COCCC1CC2CN3CCc4c([nH]c5ccc(O)cc45)C(CO)(C2)C13. The lowest BCUT2D eigenvalue weighted by Crippen LogP contribution is -2.65. The van der Waals surface area contributed by atoms with Crippen molar-refractivity contribution in [2.75, 3.05) is 33.4 Å². The highest BCUT2D eigenvalue weighted by molar-refractivity contribution is 5.86. The van der Waals surface area contributed by atoms with Crippen molar-refractivity contribution in [1.82, 2.24) is 9.88 Å². The largest absolute Gasteiger partial charge is 0.508 e. The van der Waals surface area contributed by atoms with Crippen LogP contribution in [0.5, 0.6) is 5.75 Å². The standard InChI is InChI=1S/C21H28N2O3/c1-26-7-5-14-8-13-10-21(12-24)19-16(4-6-23(11-13)20(14)21)17-9-15(25)2-3-18(17)22-19/h2-3,9,13-14,20,22,24-25H,4-8,10-12H2,1H3. The molecule has 5 heteroatoms. The number of nitrogens with zero attached hydrogens (tertiary/aromatic N) is 1. The van der Waals surface area contributed by atoms with Crippen molar-refractivity contribution in [2.24, 2.45) is 11.8 Å². The molecule has 1 saturated carbocycles. The van der Waals surface area contributed by atoms with Crippen LogP contribution in [0.4, 0.5) is 0 Å². The smallest absolute Gasteiger partial charge is 0.116 e. The number of aromatic amines is 1. The van der Waals surface area contributed by atoms with Crippen LogP contribution in [0.25, 0.3) is 10.9 Å². The molecular formula is C21H28N2O3. The second kappa shape index (κ2) is 5.98. The van der Waals surface area contributed by atoms with Gasteiger partial charge in [-0.05, 0) is 61.3 Å². The van der Waals surface area contributed by atoms with E-state index >= 15 is 0 Å². The Hall–Kier alpha value is -1.56. The molecule has 3 N–H and O–H groups in total. The second-order valence-electron chi connectivity index (χ2n) is 8.56. The lowest BCUT2D eigenvalue weighted by molar-refractivity contribution is -0.0826. The van der Waals surface area contributed by atoms with Gasteiger partial charge in [0.25, 0.3) is 0 Å². The van der Waals surface area contributed by atoms with Gasteiger partial charge in [0.2, 0.25) is 0 Å². The van der Waals surface area contributed by atoms with Crippen LogP contribution in [0.15, 0.2) is 18.2 Å². The van der Waals surface area contributed by atoms with E-state index in [4.69, 9.17) is 4.74 Å². The molecule has 6 rings (SSSR count). The van der Waals surface area contributed by atoms with Gasteiger partial charge in [-0.1, -0.05) is 0 Å². The molecule has 0 spiro atoms. The molecule has 140 valence electrons. The normalized spacial score (nSPS) is 35.5. The Labute approximate surface area is 154 Å². The van der Waals surface area contributed by atoms with Gasteiger partial charge in [0.1, 0.15) is 5.75 Å². The maximum Gasteiger partial charge on any atom is 0.116 e. The summed E-state index contributed by atoms with van der Waals surface area (Å²) >= 11 is 0. The van der Waals surface area contributed by atoms with Gasteiger partial charge in [-0.3, -0.25) is 4.90 Å². The zero-order chi connectivity index (χ0) is 17.9. The number of rotatable bonds is 4. The van der Waals surface area contributed by atoms with Gasteiger partial charge in [0.05, 0.1) is 6.61 Å². The van der Waals surface area contributed by atoms with Crippen molar-refractivity contribution in [2.45, 2.75) is 37.1 Å². The van der Waals surface area contributed by atoms with Crippen LogP contribution in [0.2, 0.25) is 0 Å². The van der Waals surface area contributed by atoms with Crippen molar-refractivity contribution in [1.29, 1.82) is 0 Å². The molecule has 3 aliphatic heterocycles. The number of phenols is 1. The summed E-state index contributed by atoms with van der Waals surface area (Å²) in [5.74, 6) is 1.52. The first-order chi connectivity index (χ1) is 12.7. The minimum absolute atomic E-state index is 0.181. The fraction of sp³-hybridized carbons (Fsp3) is 0.619. The predicted octanol–water partition coefficient (Wildman–Crippen LogP) is 2.41. The number of phenolic OH excluding ortho intramolecular Hbond substituents is 1. The van der Waals surface area contributed by atoms with E-state index in [1.54, 1.807) is 13.2 Å². The Morgan fingerprint density at radius 2 is 2.27 bits per heavy atom. The molecule has 1 aromatic carbocycles. The molecule has 5 atom stereocenters. The molecule has 5 nitrogen and oxygen atoms in total. The maximum absolute atomic E-state index is 10.7. The fourth-order valence-corrected chi connectivity index (χ4v) is 6.40. The van der Waals surface area contributed by atoms with Crippen molar-refractivity contribution in [3.63, 3.8) is 0 Å². The van der Waals surface area contributed by atoms with E-state index in [2.05, 4.69) is 9.88 Å². The van der Waals surface area contributed by atoms with Crippen molar-refractivity contribution < 1.29 is 14.9 Å². The first-order valence-electron chi connectivity index (χ1n) is 9.84. The highest BCUT2D eigenvalue weighted by Gasteiger charge is 2.58. The number of nitrogens with one attached hydrogen (secondary N) is 1. The molecule has 1 aromatic heterocycles. The van der Waals surface area contributed by atoms with E-state index in [0.717, 1.165) is 49.9 Å². The number of benzene rings is 1. The zero-order valence-corrected chi connectivity index (χ0v) is 15.4.